The maximum Gasteiger partial charge on any atom is 0.101 e. The van der Waals surface area contributed by atoms with Crippen LogP contribution in [0.1, 0.15) is 56.2 Å². The number of rotatable bonds is 9. The molecule has 0 atom stereocenters. The molecule has 1 aromatic heterocycles. The third-order valence-electron chi connectivity index (χ3n) is 7.04. The van der Waals surface area contributed by atoms with Crippen molar-refractivity contribution in [2.24, 2.45) is 0 Å². The van der Waals surface area contributed by atoms with Crippen LogP contribution < -0.4 is 5.32 Å². The summed E-state index contributed by atoms with van der Waals surface area (Å²) in [6.45, 7) is 13.8. The molecule has 2 aromatic carbocycles. The van der Waals surface area contributed by atoms with Gasteiger partial charge in [0.05, 0.1) is 11.3 Å². The molecule has 1 aliphatic heterocycles. The summed E-state index contributed by atoms with van der Waals surface area (Å²) in [5.74, 6) is 0. The Morgan fingerprint density at radius 2 is 1.97 bits per heavy atom. The highest BCUT2D eigenvalue weighted by Crippen LogP contribution is 2.30. The number of aryl methyl sites for hydroxylation is 1. The fraction of sp³-hybridized carbons (Fsp3) is 0.303. The second-order valence-corrected chi connectivity index (χ2v) is 9.92. The van der Waals surface area contributed by atoms with Crippen LogP contribution in [-0.4, -0.2) is 23.0 Å². The molecule has 0 saturated carbocycles. The van der Waals surface area contributed by atoms with E-state index in [1.807, 2.05) is 19.2 Å². The molecule has 0 amide bonds. The van der Waals surface area contributed by atoms with E-state index in [4.69, 9.17) is 0 Å². The topological polar surface area (TPSA) is 54.8 Å². The molecule has 2 N–H and O–H groups in total. The average molecular weight is 491 g/mol. The minimum Gasteiger partial charge on any atom is -0.361 e. The van der Waals surface area contributed by atoms with Crippen molar-refractivity contribution in [1.29, 1.82) is 5.26 Å². The monoisotopic (exact) mass is 490 g/mol. The van der Waals surface area contributed by atoms with Gasteiger partial charge in [-0.05, 0) is 86.7 Å². The van der Waals surface area contributed by atoms with E-state index in [9.17, 15) is 5.26 Å². The van der Waals surface area contributed by atoms with Gasteiger partial charge in [0.2, 0.25) is 0 Å². The first-order valence-electron chi connectivity index (χ1n) is 13.3. The molecule has 1 aliphatic rings. The van der Waals surface area contributed by atoms with Crippen LogP contribution in [0, 0.1) is 18.3 Å². The summed E-state index contributed by atoms with van der Waals surface area (Å²) < 4.78 is 0. The van der Waals surface area contributed by atoms with Gasteiger partial charge < -0.3 is 10.3 Å². The number of anilines is 1. The van der Waals surface area contributed by atoms with E-state index >= 15 is 0 Å². The first-order valence-corrected chi connectivity index (χ1v) is 13.3. The Labute approximate surface area is 221 Å². The molecule has 37 heavy (non-hydrogen) atoms. The van der Waals surface area contributed by atoms with Crippen molar-refractivity contribution in [1.82, 2.24) is 9.88 Å². The smallest absolute Gasteiger partial charge is 0.101 e. The van der Waals surface area contributed by atoms with Crippen LogP contribution in [0.3, 0.4) is 0 Å². The Balaban J connectivity index is 1.70. The number of nitriles is 1. The molecule has 0 aliphatic carbocycles. The number of aromatic amines is 1. The third kappa shape index (κ3) is 6.50. The number of fused-ring (bicyclic) bond motifs is 1. The van der Waals surface area contributed by atoms with E-state index in [0.29, 0.717) is 5.57 Å². The normalized spacial score (nSPS) is 15.6. The average Bonchev–Trinajstić information content (AvgIpc) is 3.39. The standard InChI is InChI=1S/C33H38N4/c1-5-10-28(22-34)33(36-31-15-16-32-30(25(31)4)17-18-35-32)29(24(2)3)14-13-26-11-9-12-27(21-26)23-37-19-7-6-8-20-37/h9-18,21,35-36H,2,5-8,19-20,23H2,1,3-4H3/b14-13+,28-10?,33-29+. The van der Waals surface area contributed by atoms with Gasteiger partial charge in [-0.25, -0.2) is 0 Å². The predicted molar refractivity (Wildman–Crippen MR) is 157 cm³/mol. The summed E-state index contributed by atoms with van der Waals surface area (Å²) in [6, 6.07) is 17.4. The molecule has 4 nitrogen and oxygen atoms in total. The van der Waals surface area contributed by atoms with Crippen LogP contribution >= 0.6 is 0 Å². The second-order valence-electron chi connectivity index (χ2n) is 9.92. The van der Waals surface area contributed by atoms with Gasteiger partial charge in [0, 0.05) is 34.9 Å². The van der Waals surface area contributed by atoms with Gasteiger partial charge in [0.15, 0.2) is 0 Å². The molecule has 190 valence electrons. The Hall–Kier alpha value is -3.81. The van der Waals surface area contributed by atoms with E-state index in [0.717, 1.165) is 52.1 Å². The zero-order chi connectivity index (χ0) is 26.2. The highest BCUT2D eigenvalue weighted by molar-refractivity contribution is 5.88. The van der Waals surface area contributed by atoms with Crippen molar-refractivity contribution in [2.75, 3.05) is 18.4 Å². The molecule has 0 unspecified atom stereocenters. The first kappa shape index (κ1) is 26.3. The number of likely N-dealkylation sites (tertiary alicyclic amines) is 1. The lowest BCUT2D eigenvalue weighted by atomic mass is 9.98. The number of allylic oxidation sites excluding steroid dienone is 5. The summed E-state index contributed by atoms with van der Waals surface area (Å²) in [6.07, 6.45) is 12.9. The molecular weight excluding hydrogens is 452 g/mol. The number of aromatic nitrogens is 1. The number of nitrogens with one attached hydrogen (secondary N) is 2. The van der Waals surface area contributed by atoms with Gasteiger partial charge in [-0.1, -0.05) is 62.4 Å². The molecule has 2 heterocycles. The SMILES string of the molecule is C=C(C)C(/C=C/c1cccc(CN2CCCCC2)c1)=C(/Nc1ccc2[nH]ccc2c1C)C(C#N)=CCC. The zero-order valence-corrected chi connectivity index (χ0v) is 22.4. The van der Waals surface area contributed by atoms with Crippen LogP contribution in [0.2, 0.25) is 0 Å². The van der Waals surface area contributed by atoms with Crippen molar-refractivity contribution >= 4 is 22.7 Å². The van der Waals surface area contributed by atoms with Crippen LogP contribution in [0.4, 0.5) is 5.69 Å². The van der Waals surface area contributed by atoms with E-state index in [2.05, 4.69) is 96.3 Å². The molecule has 3 aromatic rings. The van der Waals surface area contributed by atoms with Crippen molar-refractivity contribution in [3.05, 3.63) is 106 Å². The number of hydrogen-bond acceptors (Lipinski definition) is 3. The largest absolute Gasteiger partial charge is 0.361 e. The van der Waals surface area contributed by atoms with Gasteiger partial charge in [-0.3, -0.25) is 4.90 Å². The Bertz CT molecular complexity index is 1390. The first-order chi connectivity index (χ1) is 18.0. The summed E-state index contributed by atoms with van der Waals surface area (Å²) in [7, 11) is 0. The highest BCUT2D eigenvalue weighted by Gasteiger charge is 2.14. The molecule has 1 fully saturated rings. The van der Waals surface area contributed by atoms with Crippen molar-refractivity contribution in [3.8, 4) is 6.07 Å². The quantitative estimate of drug-likeness (QED) is 0.234. The Morgan fingerprint density at radius 3 is 2.70 bits per heavy atom. The van der Waals surface area contributed by atoms with Gasteiger partial charge >= 0.3 is 0 Å². The maximum atomic E-state index is 10.1. The highest BCUT2D eigenvalue weighted by atomic mass is 15.1. The minimum absolute atomic E-state index is 0.623. The molecule has 0 bridgehead atoms. The van der Waals surface area contributed by atoms with Crippen molar-refractivity contribution in [2.45, 2.75) is 53.0 Å². The molecule has 0 radical (unpaired) electrons. The summed E-state index contributed by atoms with van der Waals surface area (Å²) >= 11 is 0. The van der Waals surface area contributed by atoms with Crippen molar-refractivity contribution in [3.63, 3.8) is 0 Å². The second kappa shape index (κ2) is 12.4. The minimum atomic E-state index is 0.623. The summed E-state index contributed by atoms with van der Waals surface area (Å²) in [5.41, 5.74) is 8.95. The Morgan fingerprint density at radius 1 is 1.16 bits per heavy atom. The number of hydrogen-bond donors (Lipinski definition) is 2. The van der Waals surface area contributed by atoms with Crippen LogP contribution in [-0.2, 0) is 6.54 Å². The van der Waals surface area contributed by atoms with E-state index in [1.54, 1.807) is 0 Å². The van der Waals surface area contributed by atoms with E-state index in [-0.39, 0.29) is 0 Å². The number of piperidine rings is 1. The summed E-state index contributed by atoms with van der Waals surface area (Å²) in [5, 5.41) is 14.8. The van der Waals surface area contributed by atoms with Crippen LogP contribution in [0.25, 0.3) is 17.0 Å². The van der Waals surface area contributed by atoms with Gasteiger partial charge in [-0.15, -0.1) is 0 Å². The van der Waals surface area contributed by atoms with E-state index in [1.165, 1.54) is 43.3 Å². The lowest BCUT2D eigenvalue weighted by molar-refractivity contribution is 0.221. The molecule has 4 rings (SSSR count). The van der Waals surface area contributed by atoms with Crippen molar-refractivity contribution < 1.29 is 0 Å². The molecular formula is C33H38N4. The fourth-order valence-electron chi connectivity index (χ4n) is 5.03. The Kier molecular flexibility index (Phi) is 8.82. The molecule has 0 spiro atoms. The fourth-order valence-corrected chi connectivity index (χ4v) is 5.03. The zero-order valence-electron chi connectivity index (χ0n) is 22.4. The lowest BCUT2D eigenvalue weighted by Gasteiger charge is -2.26. The van der Waals surface area contributed by atoms with E-state index < -0.39 is 0 Å². The number of benzene rings is 2. The van der Waals surface area contributed by atoms with Gasteiger partial charge in [0.25, 0.3) is 0 Å². The van der Waals surface area contributed by atoms with Crippen LogP contribution in [0.15, 0.2) is 89.8 Å². The summed E-state index contributed by atoms with van der Waals surface area (Å²) in [4.78, 5) is 5.82. The maximum absolute atomic E-state index is 10.1. The lowest BCUT2D eigenvalue weighted by Crippen LogP contribution is -2.29. The number of H-pyrrole nitrogens is 1. The third-order valence-corrected chi connectivity index (χ3v) is 7.04. The molecule has 1 saturated heterocycles. The van der Waals surface area contributed by atoms with Gasteiger partial charge in [0.1, 0.15) is 6.07 Å². The number of nitrogens with zero attached hydrogens (tertiary/aromatic N) is 2. The van der Waals surface area contributed by atoms with Crippen LogP contribution in [0.5, 0.6) is 0 Å². The molecule has 4 heteroatoms. The van der Waals surface area contributed by atoms with Gasteiger partial charge in [-0.2, -0.15) is 5.26 Å². The predicted octanol–water partition coefficient (Wildman–Crippen LogP) is 8.28.